The van der Waals surface area contributed by atoms with Gasteiger partial charge in [0.25, 0.3) is 0 Å². The highest BCUT2D eigenvalue weighted by Gasteiger charge is 2.25. The summed E-state index contributed by atoms with van der Waals surface area (Å²) in [7, 11) is 0. The molecule has 3 heterocycles. The molecule has 0 bridgehead atoms. The lowest BCUT2D eigenvalue weighted by Crippen LogP contribution is -2.51. The van der Waals surface area contributed by atoms with E-state index in [2.05, 4.69) is 15.2 Å². The minimum atomic E-state index is -0.0595. The van der Waals surface area contributed by atoms with E-state index in [-0.39, 0.29) is 6.03 Å². The van der Waals surface area contributed by atoms with E-state index in [1.165, 1.54) is 17.8 Å². The number of rotatable bonds is 4. The number of ether oxygens (including phenoxy) is 1. The molecule has 0 radical (unpaired) electrons. The molecule has 2 aliphatic rings. The molecular formula is C19H24N4O2S. The number of nitrogens with zero attached hydrogens (tertiary/aromatic N) is 3. The molecule has 4 rings (SSSR count). The van der Waals surface area contributed by atoms with Crippen LogP contribution in [0.1, 0.15) is 12.8 Å². The first-order valence-electron chi connectivity index (χ1n) is 9.19. The predicted molar refractivity (Wildman–Crippen MR) is 104 cm³/mol. The molecule has 2 saturated heterocycles. The van der Waals surface area contributed by atoms with Gasteiger partial charge in [-0.1, -0.05) is 30.3 Å². The second-order valence-electron chi connectivity index (χ2n) is 6.76. The van der Waals surface area contributed by atoms with Crippen molar-refractivity contribution in [2.24, 2.45) is 0 Å². The summed E-state index contributed by atoms with van der Waals surface area (Å²) in [6.07, 6.45) is 2.71. The van der Waals surface area contributed by atoms with E-state index in [4.69, 9.17) is 4.74 Å². The molecule has 26 heavy (non-hydrogen) atoms. The zero-order valence-corrected chi connectivity index (χ0v) is 15.6. The molecule has 0 aliphatic carbocycles. The normalized spacial score (nSPS) is 21.1. The number of piperazine rings is 1. The van der Waals surface area contributed by atoms with Crippen molar-refractivity contribution in [3.05, 3.63) is 35.7 Å². The molecule has 2 aliphatic heterocycles. The van der Waals surface area contributed by atoms with E-state index in [9.17, 15) is 4.79 Å². The lowest BCUT2D eigenvalue weighted by Gasteiger charge is -2.35. The smallest absolute Gasteiger partial charge is 0.323 e. The van der Waals surface area contributed by atoms with E-state index >= 15 is 0 Å². The maximum absolute atomic E-state index is 12.5. The summed E-state index contributed by atoms with van der Waals surface area (Å²) >= 11 is 1.46. The number of carbonyl (C=O) groups is 1. The number of amides is 2. The minimum Gasteiger partial charge on any atom is -0.377 e. The fourth-order valence-corrected chi connectivity index (χ4v) is 4.16. The van der Waals surface area contributed by atoms with E-state index < -0.39 is 0 Å². The summed E-state index contributed by atoms with van der Waals surface area (Å²) in [6, 6.07) is 9.95. The second kappa shape index (κ2) is 8.16. The van der Waals surface area contributed by atoms with Crippen LogP contribution in [-0.2, 0) is 4.74 Å². The average molecular weight is 372 g/mol. The fraction of sp³-hybridized carbons (Fsp3) is 0.474. The van der Waals surface area contributed by atoms with E-state index in [1.54, 1.807) is 0 Å². The lowest BCUT2D eigenvalue weighted by molar-refractivity contribution is 0.0572. The van der Waals surface area contributed by atoms with Gasteiger partial charge in [0.1, 0.15) is 0 Å². The van der Waals surface area contributed by atoms with Crippen molar-refractivity contribution in [3.63, 3.8) is 0 Å². The summed E-state index contributed by atoms with van der Waals surface area (Å²) < 4.78 is 5.71. The van der Waals surface area contributed by atoms with E-state index in [0.717, 1.165) is 57.0 Å². The first kappa shape index (κ1) is 17.5. The van der Waals surface area contributed by atoms with Gasteiger partial charge in [-0.3, -0.25) is 10.2 Å². The number of hydrogen-bond acceptors (Lipinski definition) is 5. The Bertz CT molecular complexity index is 722. The third-order valence-electron chi connectivity index (χ3n) is 4.93. The van der Waals surface area contributed by atoms with Crippen molar-refractivity contribution >= 4 is 22.5 Å². The number of benzene rings is 1. The van der Waals surface area contributed by atoms with Gasteiger partial charge in [-0.2, -0.15) is 0 Å². The van der Waals surface area contributed by atoms with Crippen molar-refractivity contribution in [1.82, 2.24) is 14.8 Å². The molecule has 2 fully saturated rings. The van der Waals surface area contributed by atoms with Gasteiger partial charge < -0.3 is 9.64 Å². The summed E-state index contributed by atoms with van der Waals surface area (Å²) in [5.41, 5.74) is 1.96. The monoisotopic (exact) mass is 372 g/mol. The Morgan fingerprint density at radius 3 is 2.77 bits per heavy atom. The number of nitrogens with one attached hydrogen (secondary N) is 1. The van der Waals surface area contributed by atoms with Crippen molar-refractivity contribution in [2.75, 3.05) is 44.6 Å². The van der Waals surface area contributed by atoms with Crippen molar-refractivity contribution in [2.45, 2.75) is 18.9 Å². The SMILES string of the molecule is O=C(Nc1nc(-c2ccccc2)cs1)N1CCN(CC2CCCO2)CC1. The largest absolute Gasteiger partial charge is 0.377 e. The minimum absolute atomic E-state index is 0.0595. The molecule has 0 spiro atoms. The van der Waals surface area contributed by atoms with Crippen LogP contribution in [0.15, 0.2) is 35.7 Å². The number of thiazole rings is 1. The van der Waals surface area contributed by atoms with E-state index in [1.807, 2.05) is 40.6 Å². The maximum atomic E-state index is 12.5. The van der Waals surface area contributed by atoms with Gasteiger partial charge in [0.2, 0.25) is 0 Å². The highest BCUT2D eigenvalue weighted by Crippen LogP contribution is 2.25. The molecule has 1 N–H and O–H groups in total. The van der Waals surface area contributed by atoms with Crippen LogP contribution in [0.5, 0.6) is 0 Å². The van der Waals surface area contributed by atoms with Gasteiger partial charge in [-0.25, -0.2) is 9.78 Å². The van der Waals surface area contributed by atoms with Crippen LogP contribution in [0.4, 0.5) is 9.93 Å². The van der Waals surface area contributed by atoms with Crippen molar-refractivity contribution in [1.29, 1.82) is 0 Å². The molecular weight excluding hydrogens is 348 g/mol. The molecule has 7 heteroatoms. The van der Waals surface area contributed by atoms with Crippen LogP contribution in [-0.4, -0.2) is 66.2 Å². The molecule has 1 unspecified atom stereocenters. The van der Waals surface area contributed by atoms with Crippen molar-refractivity contribution in [3.8, 4) is 11.3 Å². The third-order valence-corrected chi connectivity index (χ3v) is 5.69. The quantitative estimate of drug-likeness (QED) is 0.896. The van der Waals surface area contributed by atoms with Crippen LogP contribution in [0.2, 0.25) is 0 Å². The number of aromatic nitrogens is 1. The Kier molecular flexibility index (Phi) is 5.48. The fourth-order valence-electron chi connectivity index (χ4n) is 3.45. The topological polar surface area (TPSA) is 57.7 Å². The van der Waals surface area contributed by atoms with Crippen molar-refractivity contribution < 1.29 is 9.53 Å². The third kappa shape index (κ3) is 4.23. The summed E-state index contributed by atoms with van der Waals surface area (Å²) in [5.74, 6) is 0. The number of anilines is 1. The van der Waals surface area contributed by atoms with Gasteiger partial charge in [0.05, 0.1) is 11.8 Å². The first-order valence-corrected chi connectivity index (χ1v) is 10.1. The van der Waals surface area contributed by atoms with Gasteiger partial charge >= 0.3 is 6.03 Å². The van der Waals surface area contributed by atoms with Gasteiger partial charge in [-0.15, -0.1) is 11.3 Å². The average Bonchev–Trinajstić information content (AvgIpc) is 3.35. The number of hydrogen-bond donors (Lipinski definition) is 1. The van der Waals surface area contributed by atoms with Gasteiger partial charge in [-0.05, 0) is 12.8 Å². The Balaban J connectivity index is 1.27. The summed E-state index contributed by atoms with van der Waals surface area (Å²) in [6.45, 7) is 5.18. The molecule has 6 nitrogen and oxygen atoms in total. The van der Waals surface area contributed by atoms with Crippen LogP contribution >= 0.6 is 11.3 Å². The second-order valence-corrected chi connectivity index (χ2v) is 7.61. The van der Waals surface area contributed by atoms with Crippen LogP contribution in [0.25, 0.3) is 11.3 Å². The predicted octanol–water partition coefficient (Wildman–Crippen LogP) is 3.14. The van der Waals surface area contributed by atoms with Crippen LogP contribution in [0.3, 0.4) is 0 Å². The van der Waals surface area contributed by atoms with Crippen LogP contribution in [0, 0.1) is 0 Å². The molecule has 2 aromatic rings. The Morgan fingerprint density at radius 1 is 1.23 bits per heavy atom. The highest BCUT2D eigenvalue weighted by atomic mass is 32.1. The molecule has 1 aromatic heterocycles. The lowest BCUT2D eigenvalue weighted by atomic mass is 10.2. The zero-order valence-electron chi connectivity index (χ0n) is 14.8. The van der Waals surface area contributed by atoms with Crippen LogP contribution < -0.4 is 5.32 Å². The molecule has 0 saturated carbocycles. The Morgan fingerprint density at radius 2 is 2.04 bits per heavy atom. The maximum Gasteiger partial charge on any atom is 0.323 e. The highest BCUT2D eigenvalue weighted by molar-refractivity contribution is 7.14. The molecule has 1 aromatic carbocycles. The zero-order chi connectivity index (χ0) is 17.8. The molecule has 2 amide bonds. The van der Waals surface area contributed by atoms with Gasteiger partial charge in [0.15, 0.2) is 5.13 Å². The Hall–Kier alpha value is -1.96. The van der Waals surface area contributed by atoms with E-state index in [0.29, 0.717) is 11.2 Å². The summed E-state index contributed by atoms with van der Waals surface area (Å²) in [4.78, 5) is 21.3. The van der Waals surface area contributed by atoms with Gasteiger partial charge in [0, 0.05) is 50.3 Å². The Labute approximate surface area is 157 Å². The molecule has 1 atom stereocenters. The standard InChI is InChI=1S/C19H24N4O2S/c24-19(21-18-20-17(14-26-18)15-5-2-1-3-6-15)23-10-8-22(9-11-23)13-16-7-4-12-25-16/h1-3,5-6,14,16H,4,7-13H2,(H,20,21,24). The summed E-state index contributed by atoms with van der Waals surface area (Å²) in [5, 5.41) is 5.57. The first-order chi connectivity index (χ1) is 12.8. The number of urea groups is 1. The number of carbonyl (C=O) groups excluding carboxylic acids is 1. The molecule has 138 valence electrons.